The second kappa shape index (κ2) is 25.8. The van der Waals surface area contributed by atoms with E-state index in [9.17, 15) is 29.1 Å². The van der Waals surface area contributed by atoms with E-state index < -0.39 is 47.3 Å². The summed E-state index contributed by atoms with van der Waals surface area (Å²) in [6, 6.07) is 0. The van der Waals surface area contributed by atoms with Gasteiger partial charge >= 0.3 is 29.8 Å². The standard InChI is InChI=1S/C14H18O7.C6H14O3.2C4H6O2/c1-4-11(16)19-8-14(7-15,9-20-12(17)5-2)10-21-13(18)6-3;1-2-6(3-7,4-8)5-9;2*1-3(2)4(5)6/h4-6,15H,1-3,7-10H2;7-9H,2-5H2,1H3;2*1H2,2H3,(H,5,6). The molecule has 0 saturated heterocycles. The summed E-state index contributed by atoms with van der Waals surface area (Å²) in [6.45, 7) is 18.7. The summed E-state index contributed by atoms with van der Waals surface area (Å²) in [5, 5.41) is 51.2. The SMILES string of the molecule is C=C(C)C(=O)O.C=C(C)C(=O)O.C=CC(=O)OCC(CO)(COC(=O)C=C)COC(=O)C=C.CCC(CO)(CO)CO. The molecule has 14 nitrogen and oxygen atoms in total. The largest absolute Gasteiger partial charge is 0.478 e. The fourth-order valence-electron chi connectivity index (χ4n) is 1.60. The number of aliphatic hydroxyl groups excluding tert-OH is 4. The molecule has 0 bridgehead atoms. The van der Waals surface area contributed by atoms with E-state index in [2.05, 4.69) is 32.9 Å². The molecule has 0 aromatic carbocycles. The molecule has 0 amide bonds. The third-order valence-corrected chi connectivity index (χ3v) is 4.88. The summed E-state index contributed by atoms with van der Waals surface area (Å²) in [6.07, 6.45) is 3.41. The number of hydrogen-bond acceptors (Lipinski definition) is 12. The van der Waals surface area contributed by atoms with E-state index in [1.54, 1.807) is 0 Å². The van der Waals surface area contributed by atoms with Crippen molar-refractivity contribution in [1.29, 1.82) is 0 Å². The smallest absolute Gasteiger partial charge is 0.330 e. The van der Waals surface area contributed by atoms with Crippen LogP contribution >= 0.6 is 0 Å². The van der Waals surface area contributed by atoms with Gasteiger partial charge in [0.05, 0.1) is 31.8 Å². The van der Waals surface area contributed by atoms with E-state index in [0.717, 1.165) is 18.2 Å². The lowest BCUT2D eigenvalue weighted by atomic mass is 9.88. The van der Waals surface area contributed by atoms with Crippen molar-refractivity contribution >= 4 is 29.8 Å². The first-order valence-electron chi connectivity index (χ1n) is 12.0. The van der Waals surface area contributed by atoms with Gasteiger partial charge in [0, 0.05) is 34.8 Å². The topological polar surface area (TPSA) is 234 Å². The highest BCUT2D eigenvalue weighted by molar-refractivity contribution is 5.85. The molecule has 240 valence electrons. The van der Waals surface area contributed by atoms with Crippen LogP contribution in [0.15, 0.2) is 62.3 Å². The molecule has 6 N–H and O–H groups in total. The molecule has 0 rings (SSSR count). The second-order valence-corrected chi connectivity index (χ2v) is 8.59. The van der Waals surface area contributed by atoms with Gasteiger partial charge in [-0.2, -0.15) is 0 Å². The zero-order valence-electron chi connectivity index (χ0n) is 24.4. The van der Waals surface area contributed by atoms with Crippen LogP contribution in [0.1, 0.15) is 27.2 Å². The summed E-state index contributed by atoms with van der Waals surface area (Å²) in [4.78, 5) is 52.5. The minimum Gasteiger partial charge on any atom is -0.478 e. The number of carboxylic acid groups (broad SMARTS) is 2. The van der Waals surface area contributed by atoms with Gasteiger partial charge < -0.3 is 44.8 Å². The first-order chi connectivity index (χ1) is 19.5. The molecular formula is C28H44O14. The number of ether oxygens (including phenoxy) is 3. The Kier molecular flexibility index (Phi) is 27.6. The van der Waals surface area contributed by atoms with Gasteiger partial charge in [-0.3, -0.25) is 0 Å². The molecule has 0 aliphatic heterocycles. The molecule has 0 radical (unpaired) electrons. The van der Waals surface area contributed by atoms with Crippen molar-refractivity contribution in [2.75, 3.05) is 46.2 Å². The van der Waals surface area contributed by atoms with Crippen molar-refractivity contribution in [1.82, 2.24) is 0 Å². The Morgan fingerprint density at radius 3 is 0.905 bits per heavy atom. The average molecular weight is 605 g/mol. The molecule has 42 heavy (non-hydrogen) atoms. The van der Waals surface area contributed by atoms with Crippen molar-refractivity contribution in [3.05, 3.63) is 62.3 Å². The molecule has 0 aliphatic rings. The highest BCUT2D eigenvalue weighted by atomic mass is 16.6. The number of hydrogen-bond donors (Lipinski definition) is 6. The number of rotatable bonds is 16. The molecule has 14 heteroatoms. The Morgan fingerprint density at radius 2 is 0.810 bits per heavy atom. The van der Waals surface area contributed by atoms with E-state index in [4.69, 9.17) is 39.7 Å². The number of carbonyl (C=O) groups is 5. The van der Waals surface area contributed by atoms with Crippen molar-refractivity contribution in [3.8, 4) is 0 Å². The molecule has 0 spiro atoms. The molecule has 0 saturated carbocycles. The molecule has 0 aliphatic carbocycles. The summed E-state index contributed by atoms with van der Waals surface area (Å²) in [5.41, 5.74) is -1.60. The zero-order chi connectivity index (χ0) is 33.9. The van der Waals surface area contributed by atoms with Crippen LogP contribution < -0.4 is 0 Å². The van der Waals surface area contributed by atoms with Gasteiger partial charge in [0.15, 0.2) is 0 Å². The lowest BCUT2D eigenvalue weighted by molar-refractivity contribution is -0.159. The Morgan fingerprint density at radius 1 is 0.595 bits per heavy atom. The third-order valence-electron chi connectivity index (χ3n) is 4.88. The first-order valence-corrected chi connectivity index (χ1v) is 12.0. The van der Waals surface area contributed by atoms with Crippen molar-refractivity contribution in [3.63, 3.8) is 0 Å². The highest BCUT2D eigenvalue weighted by Crippen LogP contribution is 2.20. The van der Waals surface area contributed by atoms with Crippen LogP contribution in [0.2, 0.25) is 0 Å². The van der Waals surface area contributed by atoms with Gasteiger partial charge in [-0.15, -0.1) is 0 Å². The van der Waals surface area contributed by atoms with Crippen LogP contribution in [0, 0.1) is 10.8 Å². The van der Waals surface area contributed by atoms with Crippen molar-refractivity contribution in [2.24, 2.45) is 10.8 Å². The molecule has 0 unspecified atom stereocenters. The zero-order valence-corrected chi connectivity index (χ0v) is 24.4. The predicted octanol–water partition coefficient (Wildman–Crippen LogP) is 0.807. The number of aliphatic carboxylic acids is 2. The number of carboxylic acids is 2. The van der Waals surface area contributed by atoms with Crippen LogP contribution in [-0.4, -0.2) is 107 Å². The minimum atomic E-state index is -1.28. The average Bonchev–Trinajstić information content (AvgIpc) is 2.98. The molecule has 0 heterocycles. The minimum absolute atomic E-state index is 0.156. The van der Waals surface area contributed by atoms with E-state index in [1.165, 1.54) is 13.8 Å². The van der Waals surface area contributed by atoms with Crippen molar-refractivity contribution in [2.45, 2.75) is 27.2 Å². The summed E-state index contributed by atoms with van der Waals surface area (Å²) >= 11 is 0. The van der Waals surface area contributed by atoms with Crippen LogP contribution in [0.5, 0.6) is 0 Å². The Bertz CT molecular complexity index is 790. The first kappa shape index (κ1) is 44.9. The second-order valence-electron chi connectivity index (χ2n) is 8.59. The highest BCUT2D eigenvalue weighted by Gasteiger charge is 2.35. The number of aliphatic hydroxyl groups is 4. The lowest BCUT2D eigenvalue weighted by Gasteiger charge is -2.29. The fourth-order valence-corrected chi connectivity index (χ4v) is 1.60. The van der Waals surface area contributed by atoms with E-state index in [1.807, 2.05) is 6.92 Å². The lowest BCUT2D eigenvalue weighted by Crippen LogP contribution is -2.42. The van der Waals surface area contributed by atoms with E-state index in [0.29, 0.717) is 6.42 Å². The van der Waals surface area contributed by atoms with E-state index >= 15 is 0 Å². The number of esters is 3. The third kappa shape index (κ3) is 23.7. The van der Waals surface area contributed by atoms with Gasteiger partial charge in [-0.05, 0) is 20.3 Å². The van der Waals surface area contributed by atoms with Crippen LogP contribution in [0.4, 0.5) is 0 Å². The predicted molar refractivity (Wildman–Crippen MR) is 152 cm³/mol. The van der Waals surface area contributed by atoms with Gasteiger partial charge in [-0.25, -0.2) is 24.0 Å². The van der Waals surface area contributed by atoms with Crippen molar-refractivity contribution < 1.29 is 68.8 Å². The summed E-state index contributed by atoms with van der Waals surface area (Å²) in [7, 11) is 0. The van der Waals surface area contributed by atoms with Gasteiger partial charge in [0.1, 0.15) is 19.8 Å². The van der Waals surface area contributed by atoms with Gasteiger partial charge in [0.25, 0.3) is 0 Å². The summed E-state index contributed by atoms with van der Waals surface area (Å²) < 4.78 is 14.5. The molecular weight excluding hydrogens is 560 g/mol. The van der Waals surface area contributed by atoms with Crippen LogP contribution in [0.3, 0.4) is 0 Å². The van der Waals surface area contributed by atoms with Crippen LogP contribution in [-0.2, 0) is 38.2 Å². The van der Waals surface area contributed by atoms with E-state index in [-0.39, 0.29) is 50.8 Å². The maximum atomic E-state index is 11.1. The maximum absolute atomic E-state index is 11.1. The fraction of sp³-hybridized carbons (Fsp3) is 0.464. The summed E-state index contributed by atoms with van der Waals surface area (Å²) in [5.74, 6) is -4.04. The molecule has 0 fully saturated rings. The maximum Gasteiger partial charge on any atom is 0.330 e. The normalized spacial score (nSPS) is 9.79. The monoisotopic (exact) mass is 604 g/mol. The van der Waals surface area contributed by atoms with Gasteiger partial charge in [0.2, 0.25) is 0 Å². The van der Waals surface area contributed by atoms with Crippen LogP contribution in [0.25, 0.3) is 0 Å². The van der Waals surface area contributed by atoms with Gasteiger partial charge in [-0.1, -0.05) is 39.8 Å². The molecule has 0 aromatic rings. The number of carbonyl (C=O) groups excluding carboxylic acids is 3. The Hall–Kier alpha value is -4.11. The molecule has 0 aromatic heterocycles. The quantitative estimate of drug-likeness (QED) is 0.0813. The Balaban J connectivity index is -0.000000280. The molecule has 0 atom stereocenters. The Labute approximate surface area is 245 Å².